The second kappa shape index (κ2) is 11.0. The van der Waals surface area contributed by atoms with Crippen LogP contribution >= 0.6 is 0 Å². The fourth-order valence-corrected chi connectivity index (χ4v) is 6.20. The van der Waals surface area contributed by atoms with Crippen molar-refractivity contribution < 1.29 is 19.0 Å². The normalized spacial score (nSPS) is 22.4. The Balaban J connectivity index is 1.12. The number of benzene rings is 1. The van der Waals surface area contributed by atoms with E-state index in [1.807, 2.05) is 25.7 Å². The van der Waals surface area contributed by atoms with Gasteiger partial charge in [0, 0.05) is 32.2 Å². The Morgan fingerprint density at radius 1 is 1.10 bits per heavy atom. The molecular formula is C30H42N6O4. The molecule has 216 valence electrons. The zero-order valence-electron chi connectivity index (χ0n) is 24.2. The van der Waals surface area contributed by atoms with Gasteiger partial charge in [-0.2, -0.15) is 0 Å². The van der Waals surface area contributed by atoms with Gasteiger partial charge in [0.05, 0.1) is 24.5 Å². The van der Waals surface area contributed by atoms with Crippen LogP contribution in [0.1, 0.15) is 70.1 Å². The monoisotopic (exact) mass is 550 g/mol. The molecular weight excluding hydrogens is 508 g/mol. The fourth-order valence-electron chi connectivity index (χ4n) is 6.20. The summed E-state index contributed by atoms with van der Waals surface area (Å²) in [5.74, 6) is 3.11. The summed E-state index contributed by atoms with van der Waals surface area (Å²) in [7, 11) is 0. The molecule has 3 saturated heterocycles. The van der Waals surface area contributed by atoms with Crippen LogP contribution in [0.25, 0.3) is 0 Å². The number of nitrogens with one attached hydrogen (secondary N) is 1. The van der Waals surface area contributed by atoms with E-state index in [1.54, 1.807) is 6.33 Å². The first kappa shape index (κ1) is 27.1. The third kappa shape index (κ3) is 5.56. The van der Waals surface area contributed by atoms with Gasteiger partial charge in [0.2, 0.25) is 0 Å². The van der Waals surface area contributed by atoms with Crippen LogP contribution in [-0.4, -0.2) is 90.0 Å². The molecule has 10 nitrogen and oxygen atoms in total. The van der Waals surface area contributed by atoms with Crippen molar-refractivity contribution in [2.45, 2.75) is 70.6 Å². The Morgan fingerprint density at radius 2 is 1.85 bits per heavy atom. The lowest BCUT2D eigenvalue weighted by Crippen LogP contribution is -2.62. The van der Waals surface area contributed by atoms with Gasteiger partial charge in [0.1, 0.15) is 35.4 Å². The van der Waals surface area contributed by atoms with E-state index in [4.69, 9.17) is 14.2 Å². The molecule has 10 heteroatoms. The van der Waals surface area contributed by atoms with E-state index in [2.05, 4.69) is 50.2 Å². The van der Waals surface area contributed by atoms with E-state index in [9.17, 15) is 4.79 Å². The Labute approximate surface area is 237 Å². The number of rotatable bonds is 4. The third-order valence-electron chi connectivity index (χ3n) is 8.42. The minimum Gasteiger partial charge on any atom is -0.483 e. The number of morpholine rings is 1. The van der Waals surface area contributed by atoms with E-state index in [1.165, 1.54) is 5.56 Å². The number of hydrogen-bond acceptors (Lipinski definition) is 9. The molecule has 3 fully saturated rings. The number of carbonyl (C=O) groups excluding carboxylic acids is 1. The fraction of sp³-hybridized carbons (Fsp3) is 0.633. The number of fused-ring (bicyclic) bond motifs is 2. The van der Waals surface area contributed by atoms with E-state index in [0.29, 0.717) is 25.2 Å². The summed E-state index contributed by atoms with van der Waals surface area (Å²) in [6.07, 6.45) is 4.34. The first-order valence-electron chi connectivity index (χ1n) is 14.8. The molecule has 2 aromatic rings. The summed E-state index contributed by atoms with van der Waals surface area (Å²) in [4.78, 5) is 28.3. The van der Waals surface area contributed by atoms with Crippen LogP contribution < -0.4 is 15.0 Å². The zero-order chi connectivity index (χ0) is 27.9. The molecule has 5 heterocycles. The zero-order valence-corrected chi connectivity index (χ0v) is 24.2. The Hall–Kier alpha value is -3.11. The Bertz CT molecular complexity index is 1210. The molecule has 1 amide bonds. The molecule has 40 heavy (non-hydrogen) atoms. The van der Waals surface area contributed by atoms with E-state index in [0.717, 1.165) is 87.2 Å². The van der Waals surface area contributed by atoms with Crippen LogP contribution in [-0.2, 0) is 9.47 Å². The first-order chi connectivity index (χ1) is 19.3. The molecule has 0 bridgehead atoms. The lowest BCUT2D eigenvalue weighted by atomic mass is 9.88. The number of hydrogen-bond donors (Lipinski definition) is 1. The highest BCUT2D eigenvalue weighted by Crippen LogP contribution is 2.44. The third-order valence-corrected chi connectivity index (χ3v) is 8.42. The molecule has 1 N–H and O–H groups in total. The number of amides is 1. The summed E-state index contributed by atoms with van der Waals surface area (Å²) >= 11 is 0. The molecule has 0 spiro atoms. The van der Waals surface area contributed by atoms with Gasteiger partial charge in [0.25, 0.3) is 0 Å². The maximum Gasteiger partial charge on any atom is 0.410 e. The van der Waals surface area contributed by atoms with Crippen molar-refractivity contribution in [3.05, 3.63) is 35.7 Å². The maximum atomic E-state index is 12.3. The number of carbonyl (C=O) groups is 1. The topological polar surface area (TPSA) is 92.3 Å². The first-order valence-corrected chi connectivity index (χ1v) is 14.8. The van der Waals surface area contributed by atoms with E-state index < -0.39 is 5.60 Å². The summed E-state index contributed by atoms with van der Waals surface area (Å²) in [5, 5.41) is 3.61. The lowest BCUT2D eigenvalue weighted by Gasteiger charge is -2.47. The predicted octanol–water partition coefficient (Wildman–Crippen LogP) is 4.70. The molecule has 0 aliphatic carbocycles. The predicted molar refractivity (Wildman–Crippen MR) is 154 cm³/mol. The molecule has 1 aromatic carbocycles. The van der Waals surface area contributed by atoms with Crippen LogP contribution in [0.15, 0.2) is 24.5 Å². The highest BCUT2D eigenvalue weighted by Gasteiger charge is 2.38. The second-order valence-corrected chi connectivity index (χ2v) is 12.3. The quantitative estimate of drug-likeness (QED) is 0.582. The van der Waals surface area contributed by atoms with Gasteiger partial charge in [-0.25, -0.2) is 14.8 Å². The van der Waals surface area contributed by atoms with Gasteiger partial charge in [0.15, 0.2) is 0 Å². The van der Waals surface area contributed by atoms with Crippen LogP contribution in [0.3, 0.4) is 0 Å². The largest absolute Gasteiger partial charge is 0.483 e. The van der Waals surface area contributed by atoms with Crippen molar-refractivity contribution in [2.75, 3.05) is 62.7 Å². The van der Waals surface area contributed by atoms with Crippen molar-refractivity contribution in [2.24, 2.45) is 0 Å². The Kier molecular flexibility index (Phi) is 7.48. The standard InChI is InChI=1S/C30H42N6O4/c1-5-24-26-27(31-19-32-28(26)35-12-14-38-15-13-35)33-23-16-21(6-7-25(23)39-24)20-8-10-34(11-9-20)22-17-36(18-22)29(37)40-30(2,3)4/h6-7,16,19-20,22,24H,5,8-15,17-18H2,1-4H3,(H,31,32,33). The molecule has 0 saturated carbocycles. The van der Waals surface area contributed by atoms with Gasteiger partial charge in [-0.1, -0.05) is 13.0 Å². The van der Waals surface area contributed by atoms with Crippen molar-refractivity contribution in [1.29, 1.82) is 0 Å². The van der Waals surface area contributed by atoms with Gasteiger partial charge in [-0.3, -0.25) is 4.90 Å². The van der Waals surface area contributed by atoms with Crippen LogP contribution in [0.5, 0.6) is 5.75 Å². The molecule has 1 aromatic heterocycles. The minimum atomic E-state index is -0.453. The number of anilines is 3. The van der Waals surface area contributed by atoms with Crippen molar-refractivity contribution in [1.82, 2.24) is 19.8 Å². The van der Waals surface area contributed by atoms with E-state index in [-0.39, 0.29) is 12.2 Å². The molecule has 6 rings (SSSR count). The molecule has 1 atom stereocenters. The SMILES string of the molecule is CCC1Oc2ccc(C3CCN(C4CN(C(=O)OC(C)(C)C)C4)CC3)cc2Nc2ncnc(N3CCOCC3)c21. The summed E-state index contributed by atoms with van der Waals surface area (Å²) in [6.45, 7) is 14.5. The summed E-state index contributed by atoms with van der Waals surface area (Å²) in [5.41, 5.74) is 2.87. The van der Waals surface area contributed by atoms with Crippen molar-refractivity contribution in [3.63, 3.8) is 0 Å². The van der Waals surface area contributed by atoms with E-state index >= 15 is 0 Å². The average Bonchev–Trinajstić information content (AvgIpc) is 3.08. The van der Waals surface area contributed by atoms with Gasteiger partial charge >= 0.3 is 6.09 Å². The van der Waals surface area contributed by atoms with Crippen molar-refractivity contribution >= 4 is 23.4 Å². The maximum absolute atomic E-state index is 12.3. The Morgan fingerprint density at radius 3 is 2.55 bits per heavy atom. The number of nitrogens with zero attached hydrogens (tertiary/aromatic N) is 5. The average molecular weight is 551 g/mol. The van der Waals surface area contributed by atoms with Crippen LogP contribution in [0, 0.1) is 0 Å². The smallest absolute Gasteiger partial charge is 0.410 e. The number of aromatic nitrogens is 2. The summed E-state index contributed by atoms with van der Waals surface area (Å²) in [6, 6.07) is 7.02. The highest BCUT2D eigenvalue weighted by molar-refractivity contribution is 5.73. The number of ether oxygens (including phenoxy) is 3. The number of likely N-dealkylation sites (tertiary alicyclic amines) is 2. The van der Waals surface area contributed by atoms with Crippen LogP contribution in [0.4, 0.5) is 22.1 Å². The van der Waals surface area contributed by atoms with Gasteiger partial charge < -0.3 is 29.3 Å². The molecule has 4 aliphatic rings. The van der Waals surface area contributed by atoms with Crippen molar-refractivity contribution in [3.8, 4) is 5.75 Å². The van der Waals surface area contributed by atoms with Crippen LogP contribution in [0.2, 0.25) is 0 Å². The summed E-state index contributed by atoms with van der Waals surface area (Å²) < 4.78 is 17.7. The second-order valence-electron chi connectivity index (χ2n) is 12.3. The molecule has 0 radical (unpaired) electrons. The molecule has 4 aliphatic heterocycles. The lowest BCUT2D eigenvalue weighted by molar-refractivity contribution is -0.0196. The molecule has 1 unspecified atom stereocenters. The minimum absolute atomic E-state index is 0.125. The van der Waals surface area contributed by atoms with Gasteiger partial charge in [-0.15, -0.1) is 0 Å². The number of piperidine rings is 1. The van der Waals surface area contributed by atoms with Gasteiger partial charge in [-0.05, 0) is 76.7 Å². The highest BCUT2D eigenvalue weighted by atomic mass is 16.6.